The minimum atomic E-state index is 0.429. The molecule has 20 heavy (non-hydrogen) atoms. The molecule has 0 spiro atoms. The lowest BCUT2D eigenvalue weighted by Crippen LogP contribution is -2.05. The number of nitrogens with two attached hydrogens (primary N) is 1. The summed E-state index contributed by atoms with van der Waals surface area (Å²) < 4.78 is 5.85. The second-order valence-corrected chi connectivity index (χ2v) is 5.52. The molecule has 0 aliphatic heterocycles. The molecule has 2 nitrogen and oxygen atoms in total. The van der Waals surface area contributed by atoms with E-state index < -0.39 is 0 Å². The van der Waals surface area contributed by atoms with Crippen molar-refractivity contribution in [3.8, 4) is 5.75 Å². The minimum absolute atomic E-state index is 0.429. The Labute approximate surface area is 129 Å². The summed E-state index contributed by atoms with van der Waals surface area (Å²) in [4.78, 5) is 0. The van der Waals surface area contributed by atoms with E-state index in [0.29, 0.717) is 18.2 Å². The van der Waals surface area contributed by atoms with Crippen LogP contribution in [0.5, 0.6) is 5.75 Å². The minimum Gasteiger partial charge on any atom is -0.489 e. The summed E-state index contributed by atoms with van der Waals surface area (Å²) in [5.74, 6) is 0.802. The Morgan fingerprint density at radius 1 is 1.05 bits per heavy atom. The first-order valence-corrected chi connectivity index (χ1v) is 7.22. The van der Waals surface area contributed by atoms with Gasteiger partial charge in [0.2, 0.25) is 0 Å². The maximum absolute atomic E-state index is 6.20. The molecule has 2 rings (SSSR count). The first-order chi connectivity index (χ1) is 9.60. The Hall–Kier alpha value is -1.22. The molecule has 0 amide bonds. The van der Waals surface area contributed by atoms with Gasteiger partial charge in [0.15, 0.2) is 0 Å². The Morgan fingerprint density at radius 2 is 1.85 bits per heavy atom. The molecule has 4 heteroatoms. The summed E-state index contributed by atoms with van der Waals surface area (Å²) in [6, 6.07) is 11.5. The van der Waals surface area contributed by atoms with E-state index >= 15 is 0 Å². The van der Waals surface area contributed by atoms with Crippen LogP contribution in [0.15, 0.2) is 36.4 Å². The summed E-state index contributed by atoms with van der Waals surface area (Å²) >= 11 is 12.2. The summed E-state index contributed by atoms with van der Waals surface area (Å²) in [5.41, 5.74) is 8.72. The van der Waals surface area contributed by atoms with Crippen molar-refractivity contribution in [3.05, 3.63) is 63.1 Å². The maximum atomic E-state index is 6.20. The highest BCUT2D eigenvalue weighted by atomic mass is 35.5. The highest BCUT2D eigenvalue weighted by Gasteiger charge is 2.06. The van der Waals surface area contributed by atoms with Crippen molar-refractivity contribution in [2.45, 2.75) is 20.0 Å². The second kappa shape index (κ2) is 6.98. The van der Waals surface area contributed by atoms with Crippen molar-refractivity contribution < 1.29 is 4.74 Å². The Kier molecular flexibility index (Phi) is 5.30. The Bertz CT molecular complexity index is 599. The lowest BCUT2D eigenvalue weighted by Gasteiger charge is -2.12. The van der Waals surface area contributed by atoms with E-state index in [0.717, 1.165) is 33.9 Å². The molecule has 0 saturated heterocycles. The topological polar surface area (TPSA) is 35.2 Å². The molecule has 0 fully saturated rings. The van der Waals surface area contributed by atoms with Crippen LogP contribution in [0.4, 0.5) is 0 Å². The molecule has 0 bridgehead atoms. The van der Waals surface area contributed by atoms with E-state index in [-0.39, 0.29) is 0 Å². The summed E-state index contributed by atoms with van der Waals surface area (Å²) in [6.45, 7) is 3.00. The highest BCUT2D eigenvalue weighted by molar-refractivity contribution is 6.31. The zero-order valence-corrected chi connectivity index (χ0v) is 12.8. The molecule has 0 aliphatic rings. The fraction of sp³-hybridized carbons (Fsp3) is 0.250. The van der Waals surface area contributed by atoms with Crippen molar-refractivity contribution in [1.82, 2.24) is 0 Å². The van der Waals surface area contributed by atoms with Crippen molar-refractivity contribution in [2.75, 3.05) is 6.54 Å². The Morgan fingerprint density at radius 3 is 2.55 bits per heavy atom. The van der Waals surface area contributed by atoms with Crippen LogP contribution in [-0.2, 0) is 13.0 Å². The smallest absolute Gasteiger partial charge is 0.123 e. The van der Waals surface area contributed by atoms with E-state index in [4.69, 9.17) is 33.7 Å². The molecule has 0 atom stereocenters. The predicted octanol–water partition coefficient (Wildman–Crippen LogP) is 4.38. The zero-order valence-electron chi connectivity index (χ0n) is 11.3. The SMILES string of the molecule is Cc1ccc(COc2ccc(Cl)cc2CCN)c(Cl)c1. The van der Waals surface area contributed by atoms with Gasteiger partial charge >= 0.3 is 0 Å². The van der Waals surface area contributed by atoms with Gasteiger partial charge in [-0.1, -0.05) is 35.3 Å². The zero-order chi connectivity index (χ0) is 14.5. The van der Waals surface area contributed by atoms with Crippen LogP contribution in [0.3, 0.4) is 0 Å². The molecule has 0 aliphatic carbocycles. The van der Waals surface area contributed by atoms with Crippen LogP contribution >= 0.6 is 23.2 Å². The van der Waals surface area contributed by atoms with Crippen LogP contribution in [0, 0.1) is 6.92 Å². The predicted molar refractivity (Wildman–Crippen MR) is 84.7 cm³/mol. The fourth-order valence-electron chi connectivity index (χ4n) is 1.96. The average Bonchev–Trinajstić information content (AvgIpc) is 2.40. The molecule has 0 aromatic heterocycles. The van der Waals surface area contributed by atoms with Gasteiger partial charge in [-0.2, -0.15) is 0 Å². The van der Waals surface area contributed by atoms with Crippen molar-refractivity contribution in [1.29, 1.82) is 0 Å². The molecule has 2 N–H and O–H groups in total. The molecule has 2 aromatic carbocycles. The van der Waals surface area contributed by atoms with Gasteiger partial charge in [-0.3, -0.25) is 0 Å². The van der Waals surface area contributed by atoms with Gasteiger partial charge in [-0.15, -0.1) is 0 Å². The quantitative estimate of drug-likeness (QED) is 0.889. The van der Waals surface area contributed by atoms with Gasteiger partial charge in [0.25, 0.3) is 0 Å². The van der Waals surface area contributed by atoms with Gasteiger partial charge < -0.3 is 10.5 Å². The Balaban J connectivity index is 2.14. The third kappa shape index (κ3) is 3.89. The lowest BCUT2D eigenvalue weighted by molar-refractivity contribution is 0.303. The molecule has 106 valence electrons. The van der Waals surface area contributed by atoms with E-state index in [1.165, 1.54) is 0 Å². The molecule has 0 saturated carbocycles. The van der Waals surface area contributed by atoms with Gasteiger partial charge in [-0.05, 0) is 55.3 Å². The third-order valence-corrected chi connectivity index (χ3v) is 3.61. The van der Waals surface area contributed by atoms with E-state index in [9.17, 15) is 0 Å². The normalized spacial score (nSPS) is 10.6. The maximum Gasteiger partial charge on any atom is 0.123 e. The fourth-order valence-corrected chi connectivity index (χ4v) is 2.45. The molecular formula is C16H17Cl2NO. The molecule has 0 radical (unpaired) electrons. The van der Waals surface area contributed by atoms with Gasteiger partial charge in [0.1, 0.15) is 12.4 Å². The van der Waals surface area contributed by atoms with Crippen LogP contribution in [0.25, 0.3) is 0 Å². The monoisotopic (exact) mass is 309 g/mol. The molecule has 2 aromatic rings. The van der Waals surface area contributed by atoms with Gasteiger partial charge in [0, 0.05) is 15.6 Å². The van der Waals surface area contributed by atoms with Crippen molar-refractivity contribution >= 4 is 23.2 Å². The number of hydrogen-bond donors (Lipinski definition) is 1. The lowest BCUT2D eigenvalue weighted by atomic mass is 10.1. The standard InChI is InChI=1S/C16H17Cl2NO/c1-11-2-3-13(15(18)8-11)10-20-16-5-4-14(17)9-12(16)6-7-19/h2-5,8-9H,6-7,10,19H2,1H3. The summed E-state index contributed by atoms with van der Waals surface area (Å²) in [6.07, 6.45) is 0.734. The number of benzene rings is 2. The highest BCUT2D eigenvalue weighted by Crippen LogP contribution is 2.25. The summed E-state index contributed by atoms with van der Waals surface area (Å²) in [7, 11) is 0. The van der Waals surface area contributed by atoms with Crippen LogP contribution < -0.4 is 10.5 Å². The molecular weight excluding hydrogens is 293 g/mol. The van der Waals surface area contributed by atoms with Crippen LogP contribution in [0.2, 0.25) is 10.0 Å². The second-order valence-electron chi connectivity index (χ2n) is 4.67. The van der Waals surface area contributed by atoms with E-state index in [2.05, 4.69) is 0 Å². The number of halogens is 2. The average molecular weight is 310 g/mol. The van der Waals surface area contributed by atoms with E-state index in [1.807, 2.05) is 43.3 Å². The number of ether oxygens (including phenoxy) is 1. The van der Waals surface area contributed by atoms with Gasteiger partial charge in [0.05, 0.1) is 0 Å². The van der Waals surface area contributed by atoms with Crippen LogP contribution in [0.1, 0.15) is 16.7 Å². The molecule has 0 unspecified atom stereocenters. The number of rotatable bonds is 5. The number of aryl methyl sites for hydroxylation is 1. The molecule has 0 heterocycles. The van der Waals surface area contributed by atoms with Crippen molar-refractivity contribution in [3.63, 3.8) is 0 Å². The van der Waals surface area contributed by atoms with Crippen LogP contribution in [-0.4, -0.2) is 6.54 Å². The summed E-state index contributed by atoms with van der Waals surface area (Å²) in [5, 5.41) is 1.41. The van der Waals surface area contributed by atoms with Crippen molar-refractivity contribution in [2.24, 2.45) is 5.73 Å². The first kappa shape index (κ1) is 15.2. The third-order valence-electron chi connectivity index (χ3n) is 3.03. The van der Waals surface area contributed by atoms with Gasteiger partial charge in [-0.25, -0.2) is 0 Å². The first-order valence-electron chi connectivity index (χ1n) is 6.46. The van der Waals surface area contributed by atoms with E-state index in [1.54, 1.807) is 0 Å². The largest absolute Gasteiger partial charge is 0.489 e. The number of hydrogen-bond acceptors (Lipinski definition) is 2.